The van der Waals surface area contributed by atoms with Crippen LogP contribution in [0.3, 0.4) is 0 Å². The largest absolute Gasteiger partial charge is 0.381 e. The monoisotopic (exact) mass is 381 g/mol. The lowest BCUT2D eigenvalue weighted by Gasteiger charge is -2.36. The zero-order valence-electron chi connectivity index (χ0n) is 15.3. The van der Waals surface area contributed by atoms with E-state index in [1.807, 2.05) is 0 Å². The van der Waals surface area contributed by atoms with Gasteiger partial charge in [0.2, 0.25) is 10.0 Å². The Bertz CT molecular complexity index is 739. The van der Waals surface area contributed by atoms with E-state index in [4.69, 9.17) is 4.74 Å². The third-order valence-electron chi connectivity index (χ3n) is 5.38. The van der Waals surface area contributed by atoms with Crippen molar-refractivity contribution in [2.75, 3.05) is 40.3 Å². The fourth-order valence-electron chi connectivity index (χ4n) is 4.06. The SMILES string of the molecule is CNCCNC(=O)c1cccc(S(=O)(=O)N2C[C@H]3CC[C@@H](C2)C3OC)c1. The number of methoxy groups -OCH3 is 1. The summed E-state index contributed by atoms with van der Waals surface area (Å²) in [4.78, 5) is 12.4. The molecule has 1 saturated carbocycles. The second kappa shape index (κ2) is 8.04. The van der Waals surface area contributed by atoms with Gasteiger partial charge in [0.1, 0.15) is 0 Å². The number of rotatable bonds is 7. The summed E-state index contributed by atoms with van der Waals surface area (Å²) in [5.41, 5.74) is 0.358. The molecule has 8 heteroatoms. The van der Waals surface area contributed by atoms with Crippen LogP contribution in [0.2, 0.25) is 0 Å². The molecule has 3 atom stereocenters. The highest BCUT2D eigenvalue weighted by molar-refractivity contribution is 7.89. The number of sulfonamides is 1. The molecule has 2 bridgehead atoms. The topological polar surface area (TPSA) is 87.7 Å². The average Bonchev–Trinajstić information content (AvgIpc) is 2.89. The molecule has 1 heterocycles. The van der Waals surface area contributed by atoms with Gasteiger partial charge in [-0.05, 0) is 49.9 Å². The molecule has 1 unspecified atom stereocenters. The predicted molar refractivity (Wildman–Crippen MR) is 98.5 cm³/mol. The number of carbonyl (C=O) groups excluding carboxylic acids is 1. The Hall–Kier alpha value is -1.48. The number of ether oxygens (including phenoxy) is 1. The average molecular weight is 381 g/mol. The molecule has 3 rings (SSSR count). The van der Waals surface area contributed by atoms with Gasteiger partial charge in [0, 0.05) is 38.9 Å². The third kappa shape index (κ3) is 3.78. The minimum absolute atomic E-state index is 0.158. The van der Waals surface area contributed by atoms with Crippen LogP contribution >= 0.6 is 0 Å². The van der Waals surface area contributed by atoms with Crippen LogP contribution in [0.1, 0.15) is 23.2 Å². The second-order valence-electron chi connectivity index (χ2n) is 7.01. The fourth-order valence-corrected chi connectivity index (χ4v) is 5.66. The maximum absolute atomic E-state index is 13.1. The third-order valence-corrected chi connectivity index (χ3v) is 7.21. The van der Waals surface area contributed by atoms with Gasteiger partial charge >= 0.3 is 0 Å². The van der Waals surface area contributed by atoms with Crippen LogP contribution in [0.25, 0.3) is 0 Å². The van der Waals surface area contributed by atoms with E-state index in [2.05, 4.69) is 10.6 Å². The van der Waals surface area contributed by atoms with Crippen LogP contribution in [0, 0.1) is 11.8 Å². The Morgan fingerprint density at radius 2 is 1.92 bits per heavy atom. The first kappa shape index (κ1) is 19.3. The van der Waals surface area contributed by atoms with Gasteiger partial charge in [0.05, 0.1) is 11.0 Å². The van der Waals surface area contributed by atoms with Gasteiger partial charge in [-0.2, -0.15) is 4.31 Å². The van der Waals surface area contributed by atoms with Crippen LogP contribution in [-0.2, 0) is 14.8 Å². The molecule has 7 nitrogen and oxygen atoms in total. The molecule has 26 heavy (non-hydrogen) atoms. The standard InChI is InChI=1S/C18H27N3O4S/c1-19-8-9-20-18(22)13-4-3-5-16(10-13)26(23,24)21-11-14-6-7-15(12-21)17(14)25-2/h3-5,10,14-15,17,19H,6-9,11-12H2,1-2H3,(H,20,22)/t14-,15+,17?. The van der Waals surface area contributed by atoms with E-state index in [-0.39, 0.29) is 28.7 Å². The highest BCUT2D eigenvalue weighted by Crippen LogP contribution is 2.40. The van der Waals surface area contributed by atoms with Gasteiger partial charge < -0.3 is 15.4 Å². The van der Waals surface area contributed by atoms with Crippen molar-refractivity contribution in [3.05, 3.63) is 29.8 Å². The zero-order valence-corrected chi connectivity index (χ0v) is 16.1. The molecular formula is C18H27N3O4S. The Kier molecular flexibility index (Phi) is 5.96. The first-order valence-corrected chi connectivity index (χ1v) is 10.5. The van der Waals surface area contributed by atoms with Gasteiger partial charge in [-0.25, -0.2) is 8.42 Å². The first-order valence-electron chi connectivity index (χ1n) is 9.03. The number of benzene rings is 1. The summed E-state index contributed by atoms with van der Waals surface area (Å²) in [5.74, 6) is 0.235. The summed E-state index contributed by atoms with van der Waals surface area (Å²) in [5, 5.41) is 5.72. The number of fused-ring (bicyclic) bond motifs is 2. The molecule has 0 radical (unpaired) electrons. The number of hydrogen-bond acceptors (Lipinski definition) is 5. The normalized spacial score (nSPS) is 26.0. The van der Waals surface area contributed by atoms with Crippen LogP contribution in [-0.4, -0.2) is 65.1 Å². The zero-order chi connectivity index (χ0) is 18.7. The summed E-state index contributed by atoms with van der Waals surface area (Å²) in [6.07, 6.45) is 2.16. The van der Waals surface area contributed by atoms with E-state index in [0.29, 0.717) is 31.7 Å². The molecule has 2 aliphatic rings. The summed E-state index contributed by atoms with van der Waals surface area (Å²) in [6.45, 7) is 2.10. The Morgan fingerprint density at radius 3 is 2.54 bits per heavy atom. The quantitative estimate of drug-likeness (QED) is 0.678. The molecule has 1 saturated heterocycles. The molecule has 0 aromatic heterocycles. The van der Waals surface area contributed by atoms with Crippen molar-refractivity contribution in [2.24, 2.45) is 11.8 Å². The number of carbonyl (C=O) groups is 1. The molecular weight excluding hydrogens is 354 g/mol. The number of piperidine rings is 1. The van der Waals surface area contributed by atoms with E-state index in [1.54, 1.807) is 36.7 Å². The maximum Gasteiger partial charge on any atom is 0.251 e. The van der Waals surface area contributed by atoms with Gasteiger partial charge in [-0.15, -0.1) is 0 Å². The highest BCUT2D eigenvalue weighted by atomic mass is 32.2. The minimum atomic E-state index is -3.62. The van der Waals surface area contributed by atoms with E-state index in [9.17, 15) is 13.2 Å². The number of nitrogens with one attached hydrogen (secondary N) is 2. The first-order chi connectivity index (χ1) is 12.5. The summed E-state index contributed by atoms with van der Waals surface area (Å²) in [6, 6.07) is 6.28. The lowest BCUT2D eigenvalue weighted by atomic mass is 9.97. The molecule has 2 fully saturated rings. The minimum Gasteiger partial charge on any atom is -0.381 e. The van der Waals surface area contributed by atoms with Gasteiger partial charge in [0.15, 0.2) is 0 Å². The summed E-state index contributed by atoms with van der Waals surface area (Å²) >= 11 is 0. The molecule has 1 amide bonds. The maximum atomic E-state index is 13.1. The van der Waals surface area contributed by atoms with Crippen molar-refractivity contribution < 1.29 is 17.9 Å². The van der Waals surface area contributed by atoms with E-state index in [0.717, 1.165) is 12.8 Å². The van der Waals surface area contributed by atoms with Crippen molar-refractivity contribution in [2.45, 2.75) is 23.8 Å². The van der Waals surface area contributed by atoms with Crippen molar-refractivity contribution in [1.29, 1.82) is 0 Å². The van der Waals surface area contributed by atoms with Gasteiger partial charge in [-0.3, -0.25) is 4.79 Å². The Balaban J connectivity index is 1.76. The Labute approximate surface area is 155 Å². The summed E-state index contributed by atoms with van der Waals surface area (Å²) < 4.78 is 33.3. The molecule has 1 aromatic carbocycles. The van der Waals surface area contributed by atoms with Crippen LogP contribution < -0.4 is 10.6 Å². The van der Waals surface area contributed by atoms with E-state index in [1.165, 1.54) is 6.07 Å². The van der Waals surface area contributed by atoms with Crippen LogP contribution in [0.5, 0.6) is 0 Å². The van der Waals surface area contributed by atoms with E-state index < -0.39 is 10.0 Å². The van der Waals surface area contributed by atoms with Crippen molar-refractivity contribution in [3.63, 3.8) is 0 Å². The summed E-state index contributed by atoms with van der Waals surface area (Å²) in [7, 11) is -0.106. The van der Waals surface area contributed by atoms with Gasteiger partial charge in [-0.1, -0.05) is 6.07 Å². The van der Waals surface area contributed by atoms with Crippen LogP contribution in [0.4, 0.5) is 0 Å². The lowest BCUT2D eigenvalue weighted by molar-refractivity contribution is 0.00395. The smallest absolute Gasteiger partial charge is 0.251 e. The molecule has 0 spiro atoms. The lowest BCUT2D eigenvalue weighted by Crippen LogP contribution is -2.47. The Morgan fingerprint density at radius 1 is 1.23 bits per heavy atom. The molecule has 1 aliphatic carbocycles. The number of hydrogen-bond donors (Lipinski definition) is 2. The molecule has 144 valence electrons. The van der Waals surface area contributed by atoms with Crippen molar-refractivity contribution >= 4 is 15.9 Å². The number of amides is 1. The van der Waals surface area contributed by atoms with E-state index >= 15 is 0 Å². The molecule has 1 aromatic rings. The number of nitrogens with zero attached hydrogens (tertiary/aromatic N) is 1. The predicted octanol–water partition coefficient (Wildman–Crippen LogP) is 0.681. The molecule has 2 N–H and O–H groups in total. The van der Waals surface area contributed by atoms with Gasteiger partial charge in [0.25, 0.3) is 5.91 Å². The highest BCUT2D eigenvalue weighted by Gasteiger charge is 2.45. The van der Waals surface area contributed by atoms with Crippen LogP contribution in [0.15, 0.2) is 29.2 Å². The fraction of sp³-hybridized carbons (Fsp3) is 0.611. The van der Waals surface area contributed by atoms with Crippen molar-refractivity contribution in [1.82, 2.24) is 14.9 Å². The van der Waals surface area contributed by atoms with Crippen molar-refractivity contribution in [3.8, 4) is 0 Å². The second-order valence-corrected chi connectivity index (χ2v) is 8.95. The number of likely N-dealkylation sites (N-methyl/N-ethyl adjacent to an activating group) is 1. The molecule has 1 aliphatic heterocycles.